The van der Waals surface area contributed by atoms with Crippen LogP contribution in [-0.4, -0.2) is 0 Å². The molecule has 1 aromatic carbocycles. The smallest absolute Gasteiger partial charge is 0.0178 e. The summed E-state index contributed by atoms with van der Waals surface area (Å²) in [5.74, 6) is 0. The second-order valence-electron chi connectivity index (χ2n) is 6.52. The van der Waals surface area contributed by atoms with E-state index in [9.17, 15) is 0 Å². The molecule has 0 saturated heterocycles. The van der Waals surface area contributed by atoms with Crippen LogP contribution >= 0.6 is 0 Å². The summed E-state index contributed by atoms with van der Waals surface area (Å²) in [4.78, 5) is 0. The maximum atomic E-state index is 4.00. The first kappa shape index (κ1) is 20.7. The lowest BCUT2D eigenvalue weighted by Gasteiger charge is -2.12. The van der Waals surface area contributed by atoms with Crippen LogP contribution in [0, 0.1) is 6.92 Å². The second kappa shape index (κ2) is 10.5. The summed E-state index contributed by atoms with van der Waals surface area (Å²) in [6, 6.07) is 6.64. The molecule has 1 aromatic rings. The van der Waals surface area contributed by atoms with Crippen molar-refractivity contribution in [1.29, 1.82) is 0 Å². The van der Waals surface area contributed by atoms with Gasteiger partial charge in [0.05, 0.1) is 0 Å². The first-order valence-electron chi connectivity index (χ1n) is 9.02. The third-order valence-corrected chi connectivity index (χ3v) is 4.46. The Morgan fingerprint density at radius 1 is 1.08 bits per heavy atom. The monoisotopic (exact) mass is 332 g/mol. The van der Waals surface area contributed by atoms with Crippen LogP contribution in [0.15, 0.2) is 79.0 Å². The highest BCUT2D eigenvalue weighted by atomic mass is 14.1. The standard InChI is InChI=1S/C25H32/c1-8-11-13-20(5)22(7)25-18-24(17-15-21(25)6)23(10-3)16-14-19(4)12-9-2/h8,10-11,13-18H,1,3,9,12H2,2,4-7H3/b13-11-,19-14+,22-20+,23-16+. The maximum absolute atomic E-state index is 4.00. The van der Waals surface area contributed by atoms with Gasteiger partial charge < -0.3 is 0 Å². The zero-order chi connectivity index (χ0) is 18.8. The Kier molecular flexibility index (Phi) is 8.70. The lowest BCUT2D eigenvalue weighted by molar-refractivity contribution is 0.906. The largest absolute Gasteiger partial charge is 0.0991 e. The lowest BCUT2D eigenvalue weighted by atomic mass is 9.93. The van der Waals surface area contributed by atoms with Gasteiger partial charge in [-0.25, -0.2) is 0 Å². The summed E-state index contributed by atoms with van der Waals surface area (Å²) in [5.41, 5.74) is 8.87. The van der Waals surface area contributed by atoms with Gasteiger partial charge >= 0.3 is 0 Å². The van der Waals surface area contributed by atoms with Gasteiger partial charge in [0, 0.05) is 0 Å². The van der Waals surface area contributed by atoms with Crippen molar-refractivity contribution in [2.45, 2.75) is 47.5 Å². The Balaban J connectivity index is 3.34. The van der Waals surface area contributed by atoms with Crippen LogP contribution in [0.2, 0.25) is 0 Å². The molecule has 0 heterocycles. The van der Waals surface area contributed by atoms with Gasteiger partial charge in [-0.05, 0) is 73.6 Å². The van der Waals surface area contributed by atoms with E-state index >= 15 is 0 Å². The maximum Gasteiger partial charge on any atom is -0.0178 e. The number of allylic oxidation sites excluding steroid dienone is 10. The van der Waals surface area contributed by atoms with Crippen molar-refractivity contribution in [1.82, 2.24) is 0 Å². The molecule has 0 nitrogen and oxygen atoms in total. The fourth-order valence-corrected chi connectivity index (χ4v) is 2.75. The first-order chi connectivity index (χ1) is 11.9. The van der Waals surface area contributed by atoms with Gasteiger partial charge in [0.2, 0.25) is 0 Å². The summed E-state index contributed by atoms with van der Waals surface area (Å²) in [5, 5.41) is 0. The van der Waals surface area contributed by atoms with E-state index in [1.165, 1.54) is 39.8 Å². The molecule has 0 aromatic heterocycles. The highest BCUT2D eigenvalue weighted by Gasteiger charge is 2.06. The molecule has 0 fully saturated rings. The Labute approximate surface area is 154 Å². The molecular formula is C25H32. The molecule has 0 radical (unpaired) electrons. The number of rotatable bonds is 8. The molecule has 0 aliphatic heterocycles. The molecule has 1 rings (SSSR count). The summed E-state index contributed by atoms with van der Waals surface area (Å²) in [6.07, 6.45) is 14.5. The number of benzene rings is 1. The third-order valence-electron chi connectivity index (χ3n) is 4.46. The minimum Gasteiger partial charge on any atom is -0.0991 e. The van der Waals surface area contributed by atoms with Gasteiger partial charge in [-0.2, -0.15) is 0 Å². The molecule has 0 spiro atoms. The van der Waals surface area contributed by atoms with Crippen molar-refractivity contribution in [3.05, 3.63) is 95.6 Å². The van der Waals surface area contributed by atoms with Crippen LogP contribution in [0.25, 0.3) is 11.1 Å². The van der Waals surface area contributed by atoms with Gasteiger partial charge in [0.25, 0.3) is 0 Å². The number of aryl methyl sites for hydroxylation is 1. The van der Waals surface area contributed by atoms with Crippen LogP contribution < -0.4 is 0 Å². The van der Waals surface area contributed by atoms with Gasteiger partial charge in [0.1, 0.15) is 0 Å². The normalized spacial score (nSPS) is 13.8. The van der Waals surface area contributed by atoms with E-state index in [4.69, 9.17) is 0 Å². The zero-order valence-electron chi connectivity index (χ0n) is 16.5. The highest BCUT2D eigenvalue weighted by molar-refractivity contribution is 5.79. The SMILES string of the molecule is C=C/C=C\C(C)=C(/C)c1cc(/C(C=C)=C/C=C(\C)CCC)ccc1C. The molecule has 0 atom stereocenters. The van der Waals surface area contributed by atoms with Crippen LogP contribution in [-0.2, 0) is 0 Å². The molecule has 0 saturated carbocycles. The molecule has 0 N–H and O–H groups in total. The topological polar surface area (TPSA) is 0 Å². The first-order valence-corrected chi connectivity index (χ1v) is 9.02. The Morgan fingerprint density at radius 2 is 1.80 bits per heavy atom. The van der Waals surface area contributed by atoms with Gasteiger partial charge in [-0.1, -0.05) is 80.7 Å². The summed E-state index contributed by atoms with van der Waals surface area (Å²) in [6.45, 7) is 18.6. The predicted octanol–water partition coefficient (Wildman–Crippen LogP) is 7.85. The quantitative estimate of drug-likeness (QED) is 0.425. The fraction of sp³-hybridized carbons (Fsp3) is 0.280. The molecule has 25 heavy (non-hydrogen) atoms. The minimum absolute atomic E-state index is 1.14. The van der Waals surface area contributed by atoms with Crippen molar-refractivity contribution >= 4 is 11.1 Å². The molecule has 132 valence electrons. The molecule has 0 aliphatic carbocycles. The Morgan fingerprint density at radius 3 is 2.40 bits per heavy atom. The summed E-state index contributed by atoms with van der Waals surface area (Å²) >= 11 is 0. The van der Waals surface area contributed by atoms with Gasteiger partial charge in [-0.15, -0.1) is 0 Å². The molecule has 0 aliphatic rings. The molecule has 0 heteroatoms. The van der Waals surface area contributed by atoms with E-state index in [1.807, 2.05) is 18.2 Å². The van der Waals surface area contributed by atoms with E-state index in [-0.39, 0.29) is 0 Å². The van der Waals surface area contributed by atoms with E-state index in [1.54, 1.807) is 0 Å². The minimum atomic E-state index is 1.14. The van der Waals surface area contributed by atoms with Crippen molar-refractivity contribution < 1.29 is 0 Å². The second-order valence-corrected chi connectivity index (χ2v) is 6.52. The zero-order valence-corrected chi connectivity index (χ0v) is 16.5. The van der Waals surface area contributed by atoms with E-state index in [0.29, 0.717) is 0 Å². The van der Waals surface area contributed by atoms with Crippen LogP contribution in [0.3, 0.4) is 0 Å². The predicted molar refractivity (Wildman–Crippen MR) is 116 cm³/mol. The molecular weight excluding hydrogens is 300 g/mol. The number of hydrogen-bond donors (Lipinski definition) is 0. The van der Waals surface area contributed by atoms with Gasteiger partial charge in [0.15, 0.2) is 0 Å². The third kappa shape index (κ3) is 6.23. The number of hydrogen-bond acceptors (Lipinski definition) is 0. The Bertz CT molecular complexity index is 733. The highest BCUT2D eigenvalue weighted by Crippen LogP contribution is 2.27. The van der Waals surface area contributed by atoms with E-state index in [2.05, 4.69) is 84.2 Å². The average molecular weight is 333 g/mol. The molecule has 0 bridgehead atoms. The van der Waals surface area contributed by atoms with E-state index < -0.39 is 0 Å². The van der Waals surface area contributed by atoms with Gasteiger partial charge in [-0.3, -0.25) is 0 Å². The average Bonchev–Trinajstić information content (AvgIpc) is 2.60. The fourth-order valence-electron chi connectivity index (χ4n) is 2.75. The molecule has 0 unspecified atom stereocenters. The van der Waals surface area contributed by atoms with Crippen LogP contribution in [0.4, 0.5) is 0 Å². The molecule has 0 amide bonds. The van der Waals surface area contributed by atoms with Crippen LogP contribution in [0.5, 0.6) is 0 Å². The van der Waals surface area contributed by atoms with Crippen molar-refractivity contribution in [3.8, 4) is 0 Å². The van der Waals surface area contributed by atoms with Crippen molar-refractivity contribution in [2.24, 2.45) is 0 Å². The Hall–Kier alpha value is -2.34. The van der Waals surface area contributed by atoms with E-state index in [0.717, 1.165) is 12.0 Å². The van der Waals surface area contributed by atoms with Crippen LogP contribution in [0.1, 0.15) is 57.2 Å². The van der Waals surface area contributed by atoms with Crippen molar-refractivity contribution in [2.75, 3.05) is 0 Å². The van der Waals surface area contributed by atoms with Crippen molar-refractivity contribution in [3.63, 3.8) is 0 Å². The summed E-state index contributed by atoms with van der Waals surface area (Å²) < 4.78 is 0. The lowest BCUT2D eigenvalue weighted by Crippen LogP contribution is -1.91. The summed E-state index contributed by atoms with van der Waals surface area (Å²) in [7, 11) is 0.